The fraction of sp³-hybridized carbons (Fsp3) is 0.600. The van der Waals surface area contributed by atoms with Crippen LogP contribution in [0.4, 0.5) is 0 Å². The Morgan fingerprint density at radius 2 is 1.57 bits per heavy atom. The highest BCUT2D eigenvalue weighted by atomic mass is 16.3. The molecule has 1 rings (SSSR count). The summed E-state index contributed by atoms with van der Waals surface area (Å²) in [5, 5.41) is 9.35. The topological polar surface area (TPSA) is 57.6 Å². The highest BCUT2D eigenvalue weighted by Gasteiger charge is 2.32. The standard InChI is InChI=1S/C10H15NO3/c1-6(8(3)12)7(2)11-9(13)4-5-10(11)14/h4-8,12H,1-3H3. The van der Waals surface area contributed by atoms with Gasteiger partial charge in [0.25, 0.3) is 11.8 Å². The van der Waals surface area contributed by atoms with Gasteiger partial charge in [-0.05, 0) is 13.8 Å². The van der Waals surface area contributed by atoms with Crippen LogP contribution in [0.2, 0.25) is 0 Å². The molecule has 0 saturated heterocycles. The van der Waals surface area contributed by atoms with Gasteiger partial charge in [0.2, 0.25) is 0 Å². The van der Waals surface area contributed by atoms with E-state index in [9.17, 15) is 14.7 Å². The molecule has 0 aliphatic carbocycles. The summed E-state index contributed by atoms with van der Waals surface area (Å²) in [6, 6.07) is -0.273. The summed E-state index contributed by atoms with van der Waals surface area (Å²) in [5.41, 5.74) is 0. The Bertz CT molecular complexity index is 265. The first kappa shape index (κ1) is 10.9. The molecule has 0 aromatic rings. The van der Waals surface area contributed by atoms with E-state index >= 15 is 0 Å². The monoisotopic (exact) mass is 197 g/mol. The van der Waals surface area contributed by atoms with Crippen LogP contribution >= 0.6 is 0 Å². The minimum atomic E-state index is -0.536. The van der Waals surface area contributed by atoms with Crippen LogP contribution in [0, 0.1) is 5.92 Å². The molecule has 1 aliphatic heterocycles. The number of hydrogen-bond acceptors (Lipinski definition) is 3. The number of amides is 2. The second-order valence-corrected chi connectivity index (χ2v) is 3.72. The molecule has 3 atom stereocenters. The van der Waals surface area contributed by atoms with Crippen LogP contribution in [0.5, 0.6) is 0 Å². The molecule has 14 heavy (non-hydrogen) atoms. The lowest BCUT2D eigenvalue weighted by Crippen LogP contribution is -2.44. The molecule has 1 aliphatic rings. The SMILES string of the molecule is CC(O)C(C)C(C)N1C(=O)C=CC1=O. The lowest BCUT2D eigenvalue weighted by molar-refractivity contribution is -0.141. The molecule has 4 nitrogen and oxygen atoms in total. The number of carbonyl (C=O) groups is 2. The van der Waals surface area contributed by atoms with E-state index in [0.717, 1.165) is 0 Å². The van der Waals surface area contributed by atoms with Crippen LogP contribution in [-0.4, -0.2) is 34.0 Å². The number of rotatable bonds is 3. The first-order chi connectivity index (χ1) is 6.45. The number of carbonyl (C=O) groups excluding carboxylic acids is 2. The van der Waals surface area contributed by atoms with Crippen molar-refractivity contribution in [3.05, 3.63) is 12.2 Å². The van der Waals surface area contributed by atoms with Gasteiger partial charge in [-0.25, -0.2) is 0 Å². The van der Waals surface area contributed by atoms with Gasteiger partial charge < -0.3 is 5.11 Å². The van der Waals surface area contributed by atoms with Gasteiger partial charge in [-0.1, -0.05) is 6.92 Å². The van der Waals surface area contributed by atoms with E-state index in [2.05, 4.69) is 0 Å². The minimum Gasteiger partial charge on any atom is -0.393 e. The van der Waals surface area contributed by atoms with Crippen molar-refractivity contribution in [1.29, 1.82) is 0 Å². The van der Waals surface area contributed by atoms with Crippen LogP contribution in [-0.2, 0) is 9.59 Å². The maximum atomic E-state index is 11.3. The molecule has 4 heteroatoms. The summed E-state index contributed by atoms with van der Waals surface area (Å²) in [5.74, 6) is -0.715. The zero-order valence-electron chi connectivity index (χ0n) is 8.60. The zero-order valence-corrected chi connectivity index (χ0v) is 8.60. The molecule has 0 aromatic carbocycles. The fourth-order valence-electron chi connectivity index (χ4n) is 1.45. The maximum Gasteiger partial charge on any atom is 0.253 e. The van der Waals surface area contributed by atoms with Crippen molar-refractivity contribution in [1.82, 2.24) is 4.90 Å². The van der Waals surface area contributed by atoms with Crippen LogP contribution in [0.15, 0.2) is 12.2 Å². The van der Waals surface area contributed by atoms with Gasteiger partial charge in [-0.15, -0.1) is 0 Å². The Labute approximate surface area is 83.2 Å². The molecule has 0 radical (unpaired) electrons. The normalized spacial score (nSPS) is 22.7. The van der Waals surface area contributed by atoms with Crippen LogP contribution < -0.4 is 0 Å². The summed E-state index contributed by atoms with van der Waals surface area (Å²) >= 11 is 0. The average molecular weight is 197 g/mol. The molecule has 0 fully saturated rings. The first-order valence-corrected chi connectivity index (χ1v) is 4.68. The van der Waals surface area contributed by atoms with Gasteiger partial charge in [-0.2, -0.15) is 0 Å². The van der Waals surface area contributed by atoms with Crippen molar-refractivity contribution in [2.45, 2.75) is 32.9 Å². The molecule has 0 saturated carbocycles. The largest absolute Gasteiger partial charge is 0.393 e. The zero-order chi connectivity index (χ0) is 10.9. The summed E-state index contributed by atoms with van der Waals surface area (Å²) in [6.45, 7) is 5.23. The number of hydrogen-bond donors (Lipinski definition) is 1. The van der Waals surface area contributed by atoms with Crippen molar-refractivity contribution >= 4 is 11.8 Å². The number of imide groups is 1. The van der Waals surface area contributed by atoms with Gasteiger partial charge in [0.15, 0.2) is 0 Å². The van der Waals surface area contributed by atoms with Gasteiger partial charge in [0.05, 0.1) is 6.10 Å². The molecule has 78 valence electrons. The Hall–Kier alpha value is -1.16. The van der Waals surface area contributed by atoms with E-state index in [1.807, 2.05) is 6.92 Å². The van der Waals surface area contributed by atoms with Crippen molar-refractivity contribution in [3.63, 3.8) is 0 Å². The van der Waals surface area contributed by atoms with Crippen molar-refractivity contribution in [2.24, 2.45) is 5.92 Å². The van der Waals surface area contributed by atoms with Crippen molar-refractivity contribution in [2.75, 3.05) is 0 Å². The Morgan fingerprint density at radius 3 is 1.93 bits per heavy atom. The van der Waals surface area contributed by atoms with Gasteiger partial charge in [-0.3, -0.25) is 14.5 Å². The van der Waals surface area contributed by atoms with E-state index in [4.69, 9.17) is 0 Å². The molecule has 3 unspecified atom stereocenters. The van der Waals surface area contributed by atoms with Gasteiger partial charge in [0, 0.05) is 24.1 Å². The van der Waals surface area contributed by atoms with Crippen LogP contribution in [0.3, 0.4) is 0 Å². The van der Waals surface area contributed by atoms with Gasteiger partial charge in [0.1, 0.15) is 0 Å². The third-order valence-electron chi connectivity index (χ3n) is 2.77. The molecule has 0 spiro atoms. The van der Waals surface area contributed by atoms with E-state index in [1.165, 1.54) is 17.1 Å². The highest BCUT2D eigenvalue weighted by molar-refractivity contribution is 6.13. The minimum absolute atomic E-state index is 0.122. The average Bonchev–Trinajstić information content (AvgIpc) is 2.44. The molecule has 1 N–H and O–H groups in total. The Balaban J connectivity index is 2.75. The Kier molecular flexibility index (Phi) is 3.06. The maximum absolute atomic E-state index is 11.3. The second-order valence-electron chi connectivity index (χ2n) is 3.72. The molecule has 1 heterocycles. The third-order valence-corrected chi connectivity index (χ3v) is 2.77. The molecule has 0 bridgehead atoms. The van der Waals surface area contributed by atoms with E-state index in [1.54, 1.807) is 13.8 Å². The summed E-state index contributed by atoms with van der Waals surface area (Å²) in [4.78, 5) is 23.8. The van der Waals surface area contributed by atoms with E-state index < -0.39 is 6.10 Å². The molecular formula is C10H15NO3. The smallest absolute Gasteiger partial charge is 0.253 e. The quantitative estimate of drug-likeness (QED) is 0.663. The van der Waals surface area contributed by atoms with Crippen molar-refractivity contribution < 1.29 is 14.7 Å². The first-order valence-electron chi connectivity index (χ1n) is 4.68. The van der Waals surface area contributed by atoms with E-state index in [-0.39, 0.29) is 23.8 Å². The second kappa shape index (κ2) is 3.92. The lowest BCUT2D eigenvalue weighted by Gasteiger charge is -2.29. The van der Waals surface area contributed by atoms with Crippen LogP contribution in [0.25, 0.3) is 0 Å². The van der Waals surface area contributed by atoms with E-state index in [0.29, 0.717) is 0 Å². The highest BCUT2D eigenvalue weighted by Crippen LogP contribution is 2.18. The van der Waals surface area contributed by atoms with Gasteiger partial charge >= 0.3 is 0 Å². The van der Waals surface area contributed by atoms with Crippen LogP contribution in [0.1, 0.15) is 20.8 Å². The molecule has 2 amide bonds. The summed E-state index contributed by atoms with van der Waals surface area (Å²) < 4.78 is 0. The Morgan fingerprint density at radius 1 is 1.14 bits per heavy atom. The van der Waals surface area contributed by atoms with Crippen molar-refractivity contribution in [3.8, 4) is 0 Å². The number of aliphatic hydroxyl groups excluding tert-OH is 1. The predicted octanol–water partition coefficient (Wildman–Crippen LogP) is 0.317. The molecular weight excluding hydrogens is 182 g/mol. The summed E-state index contributed by atoms with van der Waals surface area (Å²) in [6.07, 6.45) is 1.98. The predicted molar refractivity (Wildman–Crippen MR) is 51.3 cm³/mol. The third kappa shape index (κ3) is 1.85. The fourth-order valence-corrected chi connectivity index (χ4v) is 1.45. The number of nitrogens with zero attached hydrogens (tertiary/aromatic N) is 1. The summed E-state index contributed by atoms with van der Waals surface area (Å²) in [7, 11) is 0. The lowest BCUT2D eigenvalue weighted by atomic mass is 9.97. The molecule has 0 aromatic heterocycles. The number of aliphatic hydroxyl groups is 1.